The molecule has 0 spiro atoms. The van der Waals surface area contributed by atoms with Crippen molar-refractivity contribution in [3.8, 4) is 11.5 Å². The van der Waals surface area contributed by atoms with Crippen molar-refractivity contribution in [3.05, 3.63) is 23.8 Å². The van der Waals surface area contributed by atoms with Gasteiger partial charge < -0.3 is 20.3 Å². The molecular weight excluding hydrogens is 236 g/mol. The van der Waals surface area contributed by atoms with Crippen LogP contribution < -0.4 is 15.2 Å². The summed E-state index contributed by atoms with van der Waals surface area (Å²) < 4.78 is 33.8. The molecule has 5 nitrogen and oxygen atoms in total. The number of carboxylic acid groups (broad SMARTS) is 1. The van der Waals surface area contributed by atoms with Crippen molar-refractivity contribution in [1.82, 2.24) is 0 Å². The van der Waals surface area contributed by atoms with E-state index in [1.54, 1.807) is 0 Å². The van der Waals surface area contributed by atoms with Crippen LogP contribution in [0.25, 0.3) is 0 Å². The first-order valence-electron chi connectivity index (χ1n) is 4.74. The molecule has 7 heteroatoms. The summed E-state index contributed by atoms with van der Waals surface area (Å²) in [5, 5.41) is 8.57. The van der Waals surface area contributed by atoms with Crippen molar-refractivity contribution < 1.29 is 28.2 Å². The third-order valence-electron chi connectivity index (χ3n) is 2.25. The van der Waals surface area contributed by atoms with Crippen LogP contribution in [0, 0.1) is 0 Å². The van der Waals surface area contributed by atoms with E-state index in [2.05, 4.69) is 9.47 Å². The van der Waals surface area contributed by atoms with Crippen LogP contribution >= 0.6 is 0 Å². The van der Waals surface area contributed by atoms with Crippen molar-refractivity contribution >= 4 is 5.97 Å². The average Bonchev–Trinajstić information content (AvgIpc) is 2.48. The van der Waals surface area contributed by atoms with Gasteiger partial charge in [0, 0.05) is 6.04 Å². The first-order chi connectivity index (χ1) is 7.87. The first kappa shape index (κ1) is 11.6. The number of hydrogen-bond donors (Lipinski definition) is 2. The molecule has 0 radical (unpaired) electrons. The van der Waals surface area contributed by atoms with Crippen LogP contribution in [0.2, 0.25) is 0 Å². The SMILES string of the molecule is N[C@@H](CC(=O)O)c1ccc2c(c1)OC(F)(F)O2. The smallest absolute Gasteiger partial charge is 0.481 e. The molecule has 92 valence electrons. The molecule has 2 rings (SSSR count). The Balaban J connectivity index is 2.21. The zero-order valence-electron chi connectivity index (χ0n) is 8.52. The summed E-state index contributed by atoms with van der Waals surface area (Å²) >= 11 is 0. The minimum Gasteiger partial charge on any atom is -0.481 e. The van der Waals surface area contributed by atoms with Crippen LogP contribution in [0.3, 0.4) is 0 Å². The van der Waals surface area contributed by atoms with Crippen LogP contribution in [0.4, 0.5) is 8.78 Å². The third-order valence-corrected chi connectivity index (χ3v) is 2.25. The van der Waals surface area contributed by atoms with Crippen molar-refractivity contribution in [3.63, 3.8) is 0 Å². The Morgan fingerprint density at radius 2 is 2.06 bits per heavy atom. The largest absolute Gasteiger partial charge is 0.586 e. The highest BCUT2D eigenvalue weighted by molar-refractivity contribution is 5.68. The molecule has 17 heavy (non-hydrogen) atoms. The predicted molar refractivity (Wildman–Crippen MR) is 51.8 cm³/mol. The molecule has 1 atom stereocenters. The number of ether oxygens (including phenoxy) is 2. The molecule has 0 aliphatic carbocycles. The monoisotopic (exact) mass is 245 g/mol. The van der Waals surface area contributed by atoms with Gasteiger partial charge in [0.25, 0.3) is 0 Å². The lowest BCUT2D eigenvalue weighted by Crippen LogP contribution is -2.25. The van der Waals surface area contributed by atoms with Crippen LogP contribution in [-0.2, 0) is 4.79 Å². The summed E-state index contributed by atoms with van der Waals surface area (Å²) in [5.41, 5.74) is 5.99. The lowest BCUT2D eigenvalue weighted by molar-refractivity contribution is -0.286. The van der Waals surface area contributed by atoms with Crippen LogP contribution in [0.5, 0.6) is 11.5 Å². The number of alkyl halides is 2. The fourth-order valence-electron chi connectivity index (χ4n) is 1.50. The Bertz CT molecular complexity index is 464. The molecule has 0 fully saturated rings. The molecule has 0 amide bonds. The van der Waals surface area contributed by atoms with Crippen molar-refractivity contribution in [2.24, 2.45) is 5.73 Å². The topological polar surface area (TPSA) is 81.8 Å². The number of benzene rings is 1. The summed E-state index contributed by atoms with van der Waals surface area (Å²) in [6.07, 6.45) is -3.98. The summed E-state index contributed by atoms with van der Waals surface area (Å²) in [6, 6.07) is 3.17. The van der Waals surface area contributed by atoms with E-state index in [9.17, 15) is 13.6 Å². The molecule has 1 aromatic carbocycles. The van der Waals surface area contributed by atoms with Crippen molar-refractivity contribution in [2.45, 2.75) is 18.8 Å². The Kier molecular flexibility index (Phi) is 2.62. The van der Waals surface area contributed by atoms with E-state index in [-0.39, 0.29) is 17.9 Å². The number of aliphatic carboxylic acids is 1. The number of carboxylic acids is 1. The molecule has 0 bridgehead atoms. The van der Waals surface area contributed by atoms with E-state index >= 15 is 0 Å². The zero-order valence-corrected chi connectivity index (χ0v) is 8.52. The van der Waals surface area contributed by atoms with Crippen molar-refractivity contribution in [1.29, 1.82) is 0 Å². The number of hydrogen-bond acceptors (Lipinski definition) is 4. The molecule has 0 unspecified atom stereocenters. The highest BCUT2D eigenvalue weighted by Gasteiger charge is 2.43. The second kappa shape index (κ2) is 3.85. The lowest BCUT2D eigenvalue weighted by Gasteiger charge is -2.09. The maximum Gasteiger partial charge on any atom is 0.586 e. The Labute approximate surface area is 94.7 Å². The maximum absolute atomic E-state index is 12.7. The van der Waals surface area contributed by atoms with Crippen molar-refractivity contribution in [2.75, 3.05) is 0 Å². The van der Waals surface area contributed by atoms with Gasteiger partial charge in [-0.25, -0.2) is 0 Å². The molecule has 3 N–H and O–H groups in total. The van der Waals surface area contributed by atoms with Gasteiger partial charge in [0.2, 0.25) is 0 Å². The Morgan fingerprint density at radius 1 is 1.41 bits per heavy atom. The first-order valence-corrected chi connectivity index (χ1v) is 4.74. The normalized spacial score (nSPS) is 17.8. The van der Waals surface area contributed by atoms with E-state index < -0.39 is 18.3 Å². The van der Waals surface area contributed by atoms with Crippen LogP contribution in [0.1, 0.15) is 18.0 Å². The minimum atomic E-state index is -3.68. The van der Waals surface area contributed by atoms with Gasteiger partial charge in [-0.1, -0.05) is 6.07 Å². The van der Waals surface area contributed by atoms with Crippen LogP contribution in [-0.4, -0.2) is 17.4 Å². The number of rotatable bonds is 3. The molecule has 0 saturated carbocycles. The summed E-state index contributed by atoms with van der Waals surface area (Å²) in [7, 11) is 0. The van der Waals surface area contributed by atoms with E-state index in [0.717, 1.165) is 0 Å². The number of halogens is 2. The van der Waals surface area contributed by atoms with Gasteiger partial charge in [0.05, 0.1) is 6.42 Å². The second-order valence-corrected chi connectivity index (χ2v) is 3.58. The Morgan fingerprint density at radius 3 is 2.71 bits per heavy atom. The van der Waals surface area contributed by atoms with E-state index in [1.165, 1.54) is 18.2 Å². The van der Waals surface area contributed by atoms with Gasteiger partial charge >= 0.3 is 12.3 Å². The number of nitrogens with two attached hydrogens (primary N) is 1. The van der Waals surface area contributed by atoms with E-state index in [1.807, 2.05) is 0 Å². The predicted octanol–water partition coefficient (Wildman–Crippen LogP) is 1.48. The van der Waals surface area contributed by atoms with Gasteiger partial charge in [-0.2, -0.15) is 0 Å². The summed E-state index contributed by atoms with van der Waals surface area (Å²) in [4.78, 5) is 10.5. The van der Waals surface area contributed by atoms with Crippen LogP contribution in [0.15, 0.2) is 18.2 Å². The molecule has 1 aromatic rings. The fraction of sp³-hybridized carbons (Fsp3) is 0.300. The van der Waals surface area contributed by atoms with Gasteiger partial charge in [0.1, 0.15) is 0 Å². The van der Waals surface area contributed by atoms with Gasteiger partial charge in [-0.3, -0.25) is 4.79 Å². The highest BCUT2D eigenvalue weighted by Crippen LogP contribution is 2.41. The molecule has 1 aliphatic rings. The molecular formula is C10H9F2NO4. The summed E-state index contributed by atoms with van der Waals surface area (Å²) in [5.74, 6) is -1.31. The number of carbonyl (C=O) groups is 1. The average molecular weight is 245 g/mol. The molecule has 1 aliphatic heterocycles. The van der Waals surface area contributed by atoms with E-state index in [0.29, 0.717) is 5.56 Å². The minimum absolute atomic E-state index is 0.0960. The molecule has 1 heterocycles. The van der Waals surface area contributed by atoms with Gasteiger partial charge in [0.15, 0.2) is 11.5 Å². The third kappa shape index (κ3) is 2.44. The maximum atomic E-state index is 12.7. The molecule has 0 saturated heterocycles. The Hall–Kier alpha value is -1.89. The summed E-state index contributed by atoms with van der Waals surface area (Å²) in [6.45, 7) is 0. The van der Waals surface area contributed by atoms with Gasteiger partial charge in [-0.15, -0.1) is 8.78 Å². The standard InChI is InChI=1S/C10H9F2NO4/c11-10(12)16-7-2-1-5(3-8(7)17-10)6(13)4-9(14)15/h1-3,6H,4,13H2,(H,14,15)/t6-/m0/s1. The second-order valence-electron chi connectivity index (χ2n) is 3.58. The lowest BCUT2D eigenvalue weighted by atomic mass is 10.0. The number of fused-ring (bicyclic) bond motifs is 1. The highest BCUT2D eigenvalue weighted by atomic mass is 19.3. The fourth-order valence-corrected chi connectivity index (χ4v) is 1.50. The van der Waals surface area contributed by atoms with Gasteiger partial charge in [-0.05, 0) is 17.7 Å². The quantitative estimate of drug-likeness (QED) is 0.842. The molecule has 0 aromatic heterocycles. The van der Waals surface area contributed by atoms with E-state index in [4.69, 9.17) is 10.8 Å². The zero-order chi connectivity index (χ0) is 12.6.